The lowest BCUT2D eigenvalue weighted by Crippen LogP contribution is -2.23. The fraction of sp³-hybridized carbons (Fsp3) is 0.200. The molecule has 2 aliphatic rings. The highest BCUT2D eigenvalue weighted by Gasteiger charge is 2.44. The molecule has 2 aliphatic heterocycles. The highest BCUT2D eigenvalue weighted by molar-refractivity contribution is 6.10. The average molecular weight is 544 g/mol. The van der Waals surface area contributed by atoms with Crippen LogP contribution in [-0.4, -0.2) is 39.3 Å². The molecule has 2 amide bonds. The van der Waals surface area contributed by atoms with Gasteiger partial charge in [-0.1, -0.05) is 18.2 Å². The van der Waals surface area contributed by atoms with E-state index in [1.807, 2.05) is 0 Å². The minimum Gasteiger partial charge on any atom is -0.478 e. The maximum atomic E-state index is 14.6. The van der Waals surface area contributed by atoms with Crippen LogP contribution in [0.2, 0.25) is 0 Å². The zero-order valence-corrected chi connectivity index (χ0v) is 21.1. The number of benzene rings is 2. The van der Waals surface area contributed by atoms with Gasteiger partial charge >= 0.3 is 5.97 Å². The van der Waals surface area contributed by atoms with E-state index < -0.39 is 17.6 Å². The number of carbonyl (C=O) groups is 3. The van der Waals surface area contributed by atoms with E-state index in [1.165, 1.54) is 12.3 Å². The van der Waals surface area contributed by atoms with E-state index >= 15 is 0 Å². The van der Waals surface area contributed by atoms with Gasteiger partial charge in [-0.05, 0) is 54.3 Å². The summed E-state index contributed by atoms with van der Waals surface area (Å²) in [5.74, 6) is -2.96. The van der Waals surface area contributed by atoms with Crippen LogP contribution in [-0.2, 0) is 13.0 Å². The highest BCUT2D eigenvalue weighted by atomic mass is 19.1. The third kappa shape index (κ3) is 4.41. The molecule has 2 aromatic heterocycles. The number of amides is 2. The molecule has 1 atom stereocenters. The number of hydrogen-bond donors (Lipinski definition) is 2. The lowest BCUT2D eigenvalue weighted by Gasteiger charge is -2.17. The lowest BCUT2D eigenvalue weighted by molar-refractivity contribution is 0.0695. The molecule has 8 nitrogen and oxygen atoms in total. The Morgan fingerprint density at radius 1 is 1.10 bits per heavy atom. The monoisotopic (exact) mass is 543 g/mol. The number of carboxylic acid groups (broad SMARTS) is 1. The number of furan rings is 1. The second-order valence-electron chi connectivity index (χ2n) is 9.78. The maximum absolute atomic E-state index is 14.6. The lowest BCUT2D eigenvalue weighted by atomic mass is 9.89. The molecule has 4 heterocycles. The van der Waals surface area contributed by atoms with E-state index in [2.05, 4.69) is 10.3 Å². The van der Waals surface area contributed by atoms with Crippen LogP contribution in [0, 0.1) is 11.6 Å². The van der Waals surface area contributed by atoms with Gasteiger partial charge in [0.15, 0.2) is 0 Å². The van der Waals surface area contributed by atoms with Gasteiger partial charge in [0.2, 0.25) is 0 Å². The van der Waals surface area contributed by atoms with Gasteiger partial charge in [0.25, 0.3) is 11.8 Å². The van der Waals surface area contributed by atoms with Gasteiger partial charge in [-0.2, -0.15) is 0 Å². The second-order valence-corrected chi connectivity index (χ2v) is 9.78. The second kappa shape index (κ2) is 10.0. The van der Waals surface area contributed by atoms with Crippen molar-refractivity contribution < 1.29 is 32.7 Å². The summed E-state index contributed by atoms with van der Waals surface area (Å²) in [5, 5.41) is 13.1. The van der Waals surface area contributed by atoms with Gasteiger partial charge in [-0.25, -0.2) is 13.6 Å². The molecule has 10 heteroatoms. The Bertz CT molecular complexity index is 1650. The number of fused-ring (bicyclic) bond motifs is 3. The quantitative estimate of drug-likeness (QED) is 0.334. The highest BCUT2D eigenvalue weighted by Crippen LogP contribution is 2.45. The number of hydrogen-bond acceptors (Lipinski definition) is 5. The SMILES string of the molecule is O=C(NCc1ccco1)c1ccc(-c2c(C(=O)O)c(Cc3ccc(F)cc3F)nc3c2C(=O)N2CCC[C@@H]32)cc1. The topological polar surface area (TPSA) is 113 Å². The number of aromatic nitrogens is 1. The molecule has 2 N–H and O–H groups in total. The predicted octanol–water partition coefficient (Wildman–Crippen LogP) is 5.13. The average Bonchev–Trinajstić information content (AvgIpc) is 3.69. The molecule has 1 fully saturated rings. The van der Waals surface area contributed by atoms with Gasteiger partial charge in [-0.3, -0.25) is 14.6 Å². The van der Waals surface area contributed by atoms with Gasteiger partial charge in [-0.15, -0.1) is 0 Å². The molecule has 6 rings (SSSR count). The van der Waals surface area contributed by atoms with E-state index in [-0.39, 0.29) is 58.8 Å². The molecule has 0 aliphatic carbocycles. The number of carboxylic acids is 1. The molecule has 0 unspecified atom stereocenters. The van der Waals surface area contributed by atoms with E-state index in [1.54, 1.807) is 41.3 Å². The Labute approximate surface area is 227 Å². The molecule has 2 aromatic carbocycles. The fourth-order valence-corrected chi connectivity index (χ4v) is 5.51. The first-order chi connectivity index (χ1) is 19.3. The van der Waals surface area contributed by atoms with E-state index in [0.29, 0.717) is 35.5 Å². The number of nitrogens with one attached hydrogen (secondary N) is 1. The molecule has 0 radical (unpaired) electrons. The van der Waals surface area contributed by atoms with E-state index in [4.69, 9.17) is 4.42 Å². The summed E-state index contributed by atoms with van der Waals surface area (Å²) >= 11 is 0. The molecule has 0 spiro atoms. The van der Waals surface area contributed by atoms with Crippen molar-refractivity contribution in [1.29, 1.82) is 0 Å². The van der Waals surface area contributed by atoms with Crippen LogP contribution in [0.3, 0.4) is 0 Å². The third-order valence-corrected chi connectivity index (χ3v) is 7.37. The van der Waals surface area contributed by atoms with Crippen LogP contribution in [0.15, 0.2) is 65.3 Å². The number of carbonyl (C=O) groups excluding carboxylic acids is 2. The first kappa shape index (κ1) is 25.4. The first-order valence-corrected chi connectivity index (χ1v) is 12.8. The molecule has 0 bridgehead atoms. The molecule has 0 saturated carbocycles. The minimum atomic E-state index is -1.33. The standard InChI is InChI=1S/C30H23F2N3O5/c31-19-10-9-18(21(32)14-19)13-22-25(30(38)39)24(26-27(34-22)23-4-1-11-35(23)29(26)37)16-5-7-17(8-6-16)28(36)33-15-20-3-2-12-40-20/h2-3,5-10,12,14,23H,1,4,11,13,15H2,(H,33,36)(H,38,39)/t23-/m0/s1. The van der Waals surface area contributed by atoms with Crippen molar-refractivity contribution in [3.63, 3.8) is 0 Å². The summed E-state index contributed by atoms with van der Waals surface area (Å²) in [6.45, 7) is 0.724. The molecular formula is C30H23F2N3O5. The molecule has 1 saturated heterocycles. The number of aromatic carboxylic acids is 1. The van der Waals surface area contributed by atoms with Crippen molar-refractivity contribution in [2.75, 3.05) is 6.54 Å². The Hall–Kier alpha value is -4.86. The fourth-order valence-electron chi connectivity index (χ4n) is 5.51. The first-order valence-electron chi connectivity index (χ1n) is 12.8. The maximum Gasteiger partial charge on any atom is 0.338 e. The van der Waals surface area contributed by atoms with E-state index in [9.17, 15) is 28.3 Å². The largest absolute Gasteiger partial charge is 0.478 e. The Morgan fingerprint density at radius 3 is 2.60 bits per heavy atom. The van der Waals surface area contributed by atoms with Crippen molar-refractivity contribution >= 4 is 17.8 Å². The van der Waals surface area contributed by atoms with Crippen LogP contribution >= 0.6 is 0 Å². The van der Waals surface area contributed by atoms with Crippen LogP contribution in [0.5, 0.6) is 0 Å². The van der Waals surface area contributed by atoms with Crippen LogP contribution in [0.1, 0.15) is 72.7 Å². The summed E-state index contributed by atoms with van der Waals surface area (Å²) < 4.78 is 33.4. The Balaban J connectivity index is 1.44. The number of rotatable bonds is 7. The van der Waals surface area contributed by atoms with Crippen molar-refractivity contribution in [1.82, 2.24) is 15.2 Å². The number of halogens is 2. The predicted molar refractivity (Wildman–Crippen MR) is 139 cm³/mol. The van der Waals surface area contributed by atoms with Gasteiger partial charge in [0.05, 0.1) is 41.4 Å². The zero-order chi connectivity index (χ0) is 28.0. The van der Waals surface area contributed by atoms with Crippen molar-refractivity contribution in [3.05, 3.63) is 112 Å². The van der Waals surface area contributed by atoms with Crippen molar-refractivity contribution in [2.45, 2.75) is 31.8 Å². The summed E-state index contributed by atoms with van der Waals surface area (Å²) in [6.07, 6.45) is 2.77. The molecule has 40 heavy (non-hydrogen) atoms. The Kier molecular flexibility index (Phi) is 6.37. The van der Waals surface area contributed by atoms with Gasteiger partial charge in [0, 0.05) is 30.2 Å². The number of pyridine rings is 1. The normalized spacial score (nSPS) is 15.7. The molecular weight excluding hydrogens is 520 g/mol. The van der Waals surface area contributed by atoms with E-state index in [0.717, 1.165) is 18.6 Å². The molecule has 4 aromatic rings. The van der Waals surface area contributed by atoms with Crippen molar-refractivity contribution in [2.24, 2.45) is 0 Å². The van der Waals surface area contributed by atoms with Crippen LogP contribution in [0.25, 0.3) is 11.1 Å². The number of nitrogens with zero attached hydrogens (tertiary/aromatic N) is 2. The third-order valence-electron chi connectivity index (χ3n) is 7.37. The zero-order valence-electron chi connectivity index (χ0n) is 21.1. The summed E-state index contributed by atoms with van der Waals surface area (Å²) in [7, 11) is 0. The van der Waals surface area contributed by atoms with Crippen LogP contribution < -0.4 is 5.32 Å². The Morgan fingerprint density at radius 2 is 1.90 bits per heavy atom. The van der Waals surface area contributed by atoms with Crippen molar-refractivity contribution in [3.8, 4) is 11.1 Å². The minimum absolute atomic E-state index is 0.0774. The summed E-state index contributed by atoms with van der Waals surface area (Å²) in [5.41, 5.74) is 1.52. The van der Waals surface area contributed by atoms with Crippen LogP contribution in [0.4, 0.5) is 8.78 Å². The summed E-state index contributed by atoms with van der Waals surface area (Å²) in [4.78, 5) is 45.2. The summed E-state index contributed by atoms with van der Waals surface area (Å²) in [6, 6.07) is 12.5. The molecule has 202 valence electrons. The van der Waals surface area contributed by atoms with Gasteiger partial charge in [0.1, 0.15) is 17.4 Å². The smallest absolute Gasteiger partial charge is 0.338 e. The van der Waals surface area contributed by atoms with Gasteiger partial charge < -0.3 is 19.7 Å².